The molecule has 1 aliphatic heterocycles. The highest BCUT2D eigenvalue weighted by Gasteiger charge is 2.51. The average molecular weight is 607 g/mol. The first-order valence-electron chi connectivity index (χ1n) is 14.1. The molecule has 2 aromatic rings. The van der Waals surface area contributed by atoms with Crippen LogP contribution < -0.4 is 10.6 Å². The zero-order valence-corrected chi connectivity index (χ0v) is 23.9. The van der Waals surface area contributed by atoms with Gasteiger partial charge in [0.2, 0.25) is 5.91 Å². The van der Waals surface area contributed by atoms with E-state index in [2.05, 4.69) is 17.2 Å². The number of carbonyl (C=O) groups excluding carboxylic acids is 1. The fourth-order valence-electron chi connectivity index (χ4n) is 5.54. The van der Waals surface area contributed by atoms with Crippen LogP contribution in [0.25, 0.3) is 0 Å². The third kappa shape index (κ3) is 6.33. The van der Waals surface area contributed by atoms with E-state index in [4.69, 9.17) is 4.99 Å². The Morgan fingerprint density at radius 1 is 1.07 bits per heavy atom. The lowest BCUT2D eigenvalue weighted by atomic mass is 9.72. The highest BCUT2D eigenvalue weighted by molar-refractivity contribution is 7.89. The molecular weight excluding hydrogens is 572 g/mol. The summed E-state index contributed by atoms with van der Waals surface area (Å²) in [5.74, 6) is 0.425. The molecule has 1 amide bonds. The van der Waals surface area contributed by atoms with Crippen molar-refractivity contribution in [2.45, 2.75) is 80.6 Å². The maximum Gasteiger partial charge on any atom is 0.416 e. The summed E-state index contributed by atoms with van der Waals surface area (Å²) in [6.07, 6.45) is 1.88. The maximum absolute atomic E-state index is 13.6. The molecule has 2 fully saturated rings. The van der Waals surface area contributed by atoms with Crippen LogP contribution in [0.1, 0.15) is 62.5 Å². The van der Waals surface area contributed by atoms with Gasteiger partial charge < -0.3 is 10.6 Å². The fraction of sp³-hybridized carbons (Fsp3) is 0.467. The molecule has 1 atom stereocenters. The number of nitrogens with zero attached hydrogens (tertiary/aromatic N) is 2. The largest absolute Gasteiger partial charge is 0.416 e. The van der Waals surface area contributed by atoms with Crippen LogP contribution >= 0.6 is 0 Å². The van der Waals surface area contributed by atoms with Gasteiger partial charge in [-0.25, -0.2) is 12.8 Å². The van der Waals surface area contributed by atoms with Gasteiger partial charge >= 0.3 is 6.18 Å². The number of hydrogen-bond acceptors (Lipinski definition) is 5. The molecule has 2 saturated carbocycles. The van der Waals surface area contributed by atoms with Gasteiger partial charge in [0.15, 0.2) is 0 Å². The van der Waals surface area contributed by atoms with Crippen molar-refractivity contribution in [2.75, 3.05) is 6.54 Å². The van der Waals surface area contributed by atoms with Gasteiger partial charge in [0.05, 0.1) is 28.4 Å². The van der Waals surface area contributed by atoms with Crippen molar-refractivity contribution in [1.82, 2.24) is 14.9 Å². The number of nitrogens with one attached hydrogen (secondary N) is 2. The molecule has 0 aromatic heterocycles. The predicted octanol–water partition coefficient (Wildman–Crippen LogP) is 5.54. The Balaban J connectivity index is 1.31. The van der Waals surface area contributed by atoms with Gasteiger partial charge in [-0.2, -0.15) is 13.2 Å². The Hall–Kier alpha value is -3.41. The molecule has 0 saturated heterocycles. The minimum Gasteiger partial charge on any atom is -0.360 e. The van der Waals surface area contributed by atoms with Crippen LogP contribution in [0.5, 0.6) is 0 Å². The number of halogens is 4. The summed E-state index contributed by atoms with van der Waals surface area (Å²) in [6, 6.07) is 8.06. The number of carbonyl (C=O) groups is 1. The number of alkyl halides is 3. The van der Waals surface area contributed by atoms with Crippen molar-refractivity contribution in [3.05, 3.63) is 77.8 Å². The van der Waals surface area contributed by atoms with E-state index in [9.17, 15) is 30.8 Å². The molecule has 0 bridgehead atoms. The van der Waals surface area contributed by atoms with Gasteiger partial charge in [0.25, 0.3) is 10.0 Å². The van der Waals surface area contributed by atoms with Gasteiger partial charge in [-0.05, 0) is 86.4 Å². The Bertz CT molecular complexity index is 1450. The average Bonchev–Trinajstić information content (AvgIpc) is 3.30. The van der Waals surface area contributed by atoms with E-state index in [0.717, 1.165) is 72.8 Å². The minimum absolute atomic E-state index is 0.0815. The summed E-state index contributed by atoms with van der Waals surface area (Å²) >= 11 is 0. The lowest BCUT2D eigenvalue weighted by molar-refractivity contribution is -0.137. The number of amides is 1. The topological polar surface area (TPSA) is 90.9 Å². The minimum atomic E-state index is -4.53. The number of benzene rings is 2. The number of hydrogen-bond donors (Lipinski definition) is 2. The summed E-state index contributed by atoms with van der Waals surface area (Å²) in [7, 11) is -4.23. The Morgan fingerprint density at radius 3 is 2.29 bits per heavy atom. The SMILES string of the molecule is C=C(CCC1=NC2(CCC2)C(C(=O)NCC2CCC2)N1)N(Cc1ccc(C(F)(F)F)cc1)S(=O)(=O)c1ccc(F)cc1. The number of aliphatic imine (C=N–C) groups is 1. The van der Waals surface area contributed by atoms with Crippen LogP contribution in [-0.4, -0.2) is 42.6 Å². The first-order chi connectivity index (χ1) is 19.9. The molecule has 1 unspecified atom stereocenters. The highest BCUT2D eigenvalue weighted by atomic mass is 32.2. The van der Waals surface area contributed by atoms with Crippen LogP contribution in [0, 0.1) is 11.7 Å². The normalized spacial score (nSPS) is 19.8. The second-order valence-electron chi connectivity index (χ2n) is 11.4. The molecule has 2 aliphatic carbocycles. The highest BCUT2D eigenvalue weighted by Crippen LogP contribution is 2.42. The third-order valence-corrected chi connectivity index (χ3v) is 10.3. The number of sulfonamides is 1. The molecule has 12 heteroatoms. The molecule has 42 heavy (non-hydrogen) atoms. The monoisotopic (exact) mass is 606 g/mol. The number of rotatable bonds is 11. The quantitative estimate of drug-likeness (QED) is 0.329. The first-order valence-corrected chi connectivity index (χ1v) is 15.6. The van der Waals surface area contributed by atoms with Crippen molar-refractivity contribution in [3.63, 3.8) is 0 Å². The summed E-state index contributed by atoms with van der Waals surface area (Å²) in [4.78, 5) is 17.7. The van der Waals surface area contributed by atoms with E-state index < -0.39 is 39.2 Å². The van der Waals surface area contributed by atoms with E-state index in [-0.39, 0.29) is 35.9 Å². The summed E-state index contributed by atoms with van der Waals surface area (Å²) in [5, 5.41) is 6.32. The molecule has 0 radical (unpaired) electrons. The van der Waals surface area contributed by atoms with E-state index in [0.29, 0.717) is 23.9 Å². The van der Waals surface area contributed by atoms with Gasteiger partial charge in [-0.3, -0.25) is 14.1 Å². The van der Waals surface area contributed by atoms with Crippen LogP contribution in [0.15, 0.2) is 70.7 Å². The van der Waals surface area contributed by atoms with E-state index in [1.807, 2.05) is 0 Å². The molecule has 1 heterocycles. The molecule has 226 valence electrons. The van der Waals surface area contributed by atoms with E-state index in [1.165, 1.54) is 18.6 Å². The number of amidine groups is 1. The van der Waals surface area contributed by atoms with Gasteiger partial charge in [0, 0.05) is 18.7 Å². The van der Waals surface area contributed by atoms with Crippen LogP contribution in [-0.2, 0) is 27.5 Å². The molecule has 5 rings (SSSR count). The zero-order chi connectivity index (χ0) is 30.1. The fourth-order valence-corrected chi connectivity index (χ4v) is 7.03. The molecule has 2 aromatic carbocycles. The van der Waals surface area contributed by atoms with Gasteiger partial charge in [0.1, 0.15) is 11.9 Å². The van der Waals surface area contributed by atoms with Crippen molar-refractivity contribution in [1.29, 1.82) is 0 Å². The standard InChI is InChI=1S/C30H34F4N4O3S/c1-20(6-15-26-36-27(29(37-26)16-3-17-29)28(39)35-18-21-4-2-5-21)38(42(40,41)25-13-11-24(31)12-14-25)19-22-7-9-23(10-8-22)30(32,33)34/h7-14,21,27H,1-6,15-19H2,(H,35,39)(H,36,37). The Labute approximate surface area is 243 Å². The smallest absolute Gasteiger partial charge is 0.360 e. The first kappa shape index (κ1) is 30.1. The second-order valence-corrected chi connectivity index (χ2v) is 13.2. The van der Waals surface area contributed by atoms with E-state index in [1.54, 1.807) is 0 Å². The van der Waals surface area contributed by atoms with Gasteiger partial charge in [-0.1, -0.05) is 25.1 Å². The van der Waals surface area contributed by atoms with Crippen LogP contribution in [0.3, 0.4) is 0 Å². The second kappa shape index (κ2) is 11.7. The summed E-state index contributed by atoms with van der Waals surface area (Å²) in [6.45, 7) is 4.38. The van der Waals surface area contributed by atoms with Crippen molar-refractivity contribution < 1.29 is 30.8 Å². The van der Waals surface area contributed by atoms with Gasteiger partial charge in [-0.15, -0.1) is 0 Å². The van der Waals surface area contributed by atoms with Crippen LogP contribution in [0.2, 0.25) is 0 Å². The lowest BCUT2D eigenvalue weighted by Crippen LogP contribution is -2.57. The molecular formula is C30H34F4N4O3S. The van der Waals surface area contributed by atoms with Crippen molar-refractivity contribution >= 4 is 21.8 Å². The molecule has 2 N–H and O–H groups in total. The summed E-state index contributed by atoms with van der Waals surface area (Å²) in [5.41, 5.74) is -0.841. The predicted molar refractivity (Wildman–Crippen MR) is 150 cm³/mol. The number of allylic oxidation sites excluding steroid dienone is 1. The molecule has 1 spiro atoms. The summed E-state index contributed by atoms with van der Waals surface area (Å²) < 4.78 is 81.0. The molecule has 3 aliphatic rings. The Kier molecular flexibility index (Phi) is 8.37. The lowest BCUT2D eigenvalue weighted by Gasteiger charge is -2.39. The van der Waals surface area contributed by atoms with Crippen LogP contribution in [0.4, 0.5) is 17.6 Å². The molecule has 7 nitrogen and oxygen atoms in total. The van der Waals surface area contributed by atoms with Crippen molar-refractivity contribution in [2.24, 2.45) is 10.9 Å². The van der Waals surface area contributed by atoms with Crippen molar-refractivity contribution in [3.8, 4) is 0 Å². The third-order valence-electron chi connectivity index (χ3n) is 8.49. The van der Waals surface area contributed by atoms with E-state index >= 15 is 0 Å². The maximum atomic E-state index is 13.6. The zero-order valence-electron chi connectivity index (χ0n) is 23.1. The Morgan fingerprint density at radius 2 is 1.74 bits per heavy atom.